The standard InChI is InChI=1S/C17H27N3O5S/c1-19(2)9-10-20(13-8-11-26(22,23)12-13)17(21)18-16-14(24-3)6-5-7-15(16)25-4/h5-7,13H,8-12H2,1-4H3,(H,18,21). The minimum Gasteiger partial charge on any atom is -0.494 e. The van der Waals surface area contributed by atoms with Crippen LogP contribution in [0.15, 0.2) is 18.2 Å². The lowest BCUT2D eigenvalue weighted by molar-refractivity contribution is 0.186. The summed E-state index contributed by atoms with van der Waals surface area (Å²) in [5, 5.41) is 2.83. The van der Waals surface area contributed by atoms with E-state index in [1.54, 1.807) is 23.1 Å². The van der Waals surface area contributed by atoms with Crippen LogP contribution in [-0.2, 0) is 9.84 Å². The number of amides is 2. The van der Waals surface area contributed by atoms with E-state index < -0.39 is 9.84 Å². The molecule has 0 saturated carbocycles. The number of ether oxygens (including phenoxy) is 2. The largest absolute Gasteiger partial charge is 0.494 e. The van der Waals surface area contributed by atoms with E-state index in [0.717, 1.165) is 0 Å². The van der Waals surface area contributed by atoms with E-state index in [1.165, 1.54) is 14.2 Å². The zero-order chi connectivity index (χ0) is 19.3. The van der Waals surface area contributed by atoms with Crippen LogP contribution in [0.25, 0.3) is 0 Å². The van der Waals surface area contributed by atoms with Crippen molar-refractivity contribution in [2.45, 2.75) is 12.5 Å². The molecular formula is C17H27N3O5S. The molecular weight excluding hydrogens is 358 g/mol. The van der Waals surface area contributed by atoms with Gasteiger partial charge in [-0.3, -0.25) is 0 Å². The van der Waals surface area contributed by atoms with Crippen molar-refractivity contribution in [1.29, 1.82) is 0 Å². The van der Waals surface area contributed by atoms with E-state index >= 15 is 0 Å². The normalized spacial score (nSPS) is 18.6. The number of para-hydroxylation sites is 1. The van der Waals surface area contributed by atoms with Crippen LogP contribution < -0.4 is 14.8 Å². The van der Waals surface area contributed by atoms with Crippen LogP contribution in [-0.4, -0.2) is 83.2 Å². The molecule has 1 unspecified atom stereocenters. The highest BCUT2D eigenvalue weighted by Gasteiger charge is 2.35. The molecule has 0 radical (unpaired) electrons. The molecule has 0 bridgehead atoms. The van der Waals surface area contributed by atoms with Gasteiger partial charge in [-0.25, -0.2) is 13.2 Å². The Bertz CT molecular complexity index is 714. The van der Waals surface area contributed by atoms with Crippen LogP contribution in [0.1, 0.15) is 6.42 Å². The number of benzene rings is 1. The van der Waals surface area contributed by atoms with Crippen molar-refractivity contribution in [2.24, 2.45) is 0 Å². The van der Waals surface area contributed by atoms with Crippen LogP contribution >= 0.6 is 0 Å². The van der Waals surface area contributed by atoms with Gasteiger partial charge >= 0.3 is 6.03 Å². The fraction of sp³-hybridized carbons (Fsp3) is 0.588. The first kappa shape index (κ1) is 20.3. The molecule has 1 heterocycles. The fourth-order valence-electron chi connectivity index (χ4n) is 2.93. The number of hydrogen-bond donors (Lipinski definition) is 1. The Morgan fingerprint density at radius 2 is 1.81 bits per heavy atom. The predicted molar refractivity (Wildman–Crippen MR) is 101 cm³/mol. The van der Waals surface area contributed by atoms with Crippen molar-refractivity contribution in [3.8, 4) is 11.5 Å². The van der Waals surface area contributed by atoms with Crippen LogP contribution in [0.2, 0.25) is 0 Å². The quantitative estimate of drug-likeness (QED) is 0.761. The second kappa shape index (κ2) is 8.59. The molecule has 2 amide bonds. The first-order valence-corrected chi connectivity index (χ1v) is 10.2. The maximum absolute atomic E-state index is 12.9. The van der Waals surface area contributed by atoms with Gasteiger partial charge < -0.3 is 24.6 Å². The number of sulfone groups is 1. The van der Waals surface area contributed by atoms with Gasteiger partial charge in [-0.05, 0) is 32.6 Å². The number of hydrogen-bond acceptors (Lipinski definition) is 6. The Hall–Kier alpha value is -2.00. The van der Waals surface area contributed by atoms with Gasteiger partial charge in [-0.2, -0.15) is 0 Å². The van der Waals surface area contributed by atoms with E-state index in [1.807, 2.05) is 19.0 Å². The lowest BCUT2D eigenvalue weighted by atomic mass is 10.2. The van der Waals surface area contributed by atoms with E-state index in [4.69, 9.17) is 9.47 Å². The lowest BCUT2D eigenvalue weighted by Gasteiger charge is -2.30. The average Bonchev–Trinajstić information content (AvgIpc) is 2.94. The van der Waals surface area contributed by atoms with E-state index in [2.05, 4.69) is 5.32 Å². The number of likely N-dealkylation sites (N-methyl/N-ethyl adjacent to an activating group) is 1. The number of urea groups is 1. The molecule has 0 spiro atoms. The molecule has 1 aromatic carbocycles. The van der Waals surface area contributed by atoms with E-state index in [0.29, 0.717) is 36.7 Å². The Kier molecular flexibility index (Phi) is 6.71. The molecule has 1 aliphatic heterocycles. The van der Waals surface area contributed by atoms with Crippen LogP contribution in [0.4, 0.5) is 10.5 Å². The number of rotatable bonds is 7. The van der Waals surface area contributed by atoms with Crippen molar-refractivity contribution >= 4 is 21.6 Å². The van der Waals surface area contributed by atoms with Gasteiger partial charge in [0.2, 0.25) is 0 Å². The monoisotopic (exact) mass is 385 g/mol. The lowest BCUT2D eigenvalue weighted by Crippen LogP contribution is -2.46. The summed E-state index contributed by atoms with van der Waals surface area (Å²) in [5.41, 5.74) is 0.429. The van der Waals surface area contributed by atoms with Gasteiger partial charge in [0.25, 0.3) is 0 Å². The number of nitrogens with zero attached hydrogens (tertiary/aromatic N) is 2. The van der Waals surface area contributed by atoms with Gasteiger partial charge in [0.15, 0.2) is 9.84 Å². The molecule has 1 aromatic rings. The molecule has 1 fully saturated rings. The highest BCUT2D eigenvalue weighted by molar-refractivity contribution is 7.91. The summed E-state index contributed by atoms with van der Waals surface area (Å²) in [6.07, 6.45) is 0.451. The van der Waals surface area contributed by atoms with Crippen molar-refractivity contribution in [3.63, 3.8) is 0 Å². The van der Waals surface area contributed by atoms with Crippen molar-refractivity contribution < 1.29 is 22.7 Å². The zero-order valence-corrected chi connectivity index (χ0v) is 16.5. The van der Waals surface area contributed by atoms with E-state index in [9.17, 15) is 13.2 Å². The minimum atomic E-state index is -3.10. The summed E-state index contributed by atoms with van der Waals surface area (Å²) in [6, 6.07) is 4.52. The Morgan fingerprint density at radius 3 is 2.27 bits per heavy atom. The molecule has 0 aromatic heterocycles. The predicted octanol–water partition coefficient (Wildman–Crippen LogP) is 1.29. The zero-order valence-electron chi connectivity index (χ0n) is 15.7. The van der Waals surface area contributed by atoms with Crippen LogP contribution in [0.5, 0.6) is 11.5 Å². The van der Waals surface area contributed by atoms with E-state index in [-0.39, 0.29) is 23.6 Å². The van der Waals surface area contributed by atoms with Crippen molar-refractivity contribution in [1.82, 2.24) is 9.80 Å². The number of carbonyl (C=O) groups is 1. The van der Waals surface area contributed by atoms with Crippen LogP contribution in [0.3, 0.4) is 0 Å². The average molecular weight is 385 g/mol. The summed E-state index contributed by atoms with van der Waals surface area (Å²) >= 11 is 0. The molecule has 1 N–H and O–H groups in total. The third-order valence-corrected chi connectivity index (χ3v) is 6.11. The summed E-state index contributed by atoms with van der Waals surface area (Å²) in [6.45, 7) is 1.06. The first-order chi connectivity index (χ1) is 12.3. The highest BCUT2D eigenvalue weighted by Crippen LogP contribution is 2.34. The van der Waals surface area contributed by atoms with Gasteiger partial charge in [-0.15, -0.1) is 0 Å². The second-order valence-corrected chi connectivity index (χ2v) is 8.75. The number of carbonyl (C=O) groups excluding carboxylic acids is 1. The summed E-state index contributed by atoms with van der Waals surface area (Å²) in [7, 11) is 3.74. The van der Waals surface area contributed by atoms with Gasteiger partial charge in [-0.1, -0.05) is 6.07 Å². The van der Waals surface area contributed by atoms with Crippen LogP contribution in [0, 0.1) is 0 Å². The van der Waals surface area contributed by atoms with Crippen molar-refractivity contribution in [3.05, 3.63) is 18.2 Å². The molecule has 8 nitrogen and oxygen atoms in total. The molecule has 1 aliphatic rings. The molecule has 9 heteroatoms. The molecule has 2 rings (SSSR count). The van der Waals surface area contributed by atoms with Gasteiger partial charge in [0, 0.05) is 19.1 Å². The van der Waals surface area contributed by atoms with Gasteiger partial charge in [0.05, 0.1) is 25.7 Å². The number of nitrogens with one attached hydrogen (secondary N) is 1. The Balaban J connectivity index is 2.24. The summed E-state index contributed by atoms with van der Waals surface area (Å²) in [5.74, 6) is 1.06. The SMILES string of the molecule is COc1cccc(OC)c1NC(=O)N(CCN(C)C)C1CCS(=O)(=O)C1. The Morgan fingerprint density at radius 1 is 1.19 bits per heavy atom. The molecule has 146 valence electrons. The topological polar surface area (TPSA) is 88.2 Å². The maximum atomic E-state index is 12.9. The first-order valence-electron chi connectivity index (χ1n) is 8.41. The molecule has 1 atom stereocenters. The fourth-order valence-corrected chi connectivity index (χ4v) is 4.66. The minimum absolute atomic E-state index is 0.00307. The third-order valence-electron chi connectivity index (χ3n) is 4.36. The Labute approximate surface area is 155 Å². The van der Waals surface area contributed by atoms with Gasteiger partial charge in [0.1, 0.15) is 17.2 Å². The second-order valence-electron chi connectivity index (χ2n) is 6.52. The highest BCUT2D eigenvalue weighted by atomic mass is 32.2. The summed E-state index contributed by atoms with van der Waals surface area (Å²) < 4.78 is 34.3. The van der Waals surface area contributed by atoms with Crippen molar-refractivity contribution in [2.75, 3.05) is 58.2 Å². The molecule has 0 aliphatic carbocycles. The summed E-state index contributed by atoms with van der Waals surface area (Å²) in [4.78, 5) is 16.5. The maximum Gasteiger partial charge on any atom is 0.322 e. The number of anilines is 1. The smallest absolute Gasteiger partial charge is 0.322 e. The molecule has 26 heavy (non-hydrogen) atoms. The third kappa shape index (κ3) is 5.01. The number of methoxy groups -OCH3 is 2. The molecule has 1 saturated heterocycles.